The van der Waals surface area contributed by atoms with E-state index in [1.54, 1.807) is 5.56 Å². The van der Waals surface area contributed by atoms with E-state index >= 15 is 0 Å². The lowest BCUT2D eigenvalue weighted by Crippen LogP contribution is -2.61. The Hall–Kier alpha value is -6.20. The third-order valence-electron chi connectivity index (χ3n) is 16.4. The summed E-state index contributed by atoms with van der Waals surface area (Å²) in [5.74, 6) is 0. The Kier molecular flexibility index (Phi) is 8.70. The molecular weight excluding hydrogens is 802 g/mol. The van der Waals surface area contributed by atoms with Crippen molar-refractivity contribution in [1.29, 1.82) is 0 Å². The first kappa shape index (κ1) is 41.3. The molecular formula is C61H62BN3O. The Labute approximate surface area is 392 Å². The summed E-state index contributed by atoms with van der Waals surface area (Å²) in [6, 6.07) is 49.3. The average Bonchev–Trinajstić information content (AvgIpc) is 3.74. The molecule has 0 saturated heterocycles. The van der Waals surface area contributed by atoms with E-state index in [2.05, 4.69) is 218 Å². The fourth-order valence-corrected chi connectivity index (χ4v) is 13.0. The molecule has 8 aromatic rings. The van der Waals surface area contributed by atoms with Gasteiger partial charge in [0.25, 0.3) is 6.71 Å². The Morgan fingerprint density at radius 3 is 1.86 bits per heavy atom. The van der Waals surface area contributed by atoms with Crippen molar-refractivity contribution < 1.29 is 4.42 Å². The number of fused-ring (bicyclic) bond motifs is 10. The summed E-state index contributed by atoms with van der Waals surface area (Å²) in [4.78, 5) is 7.96. The molecule has 3 aliphatic heterocycles. The van der Waals surface area contributed by atoms with Crippen LogP contribution in [0.1, 0.15) is 114 Å². The number of rotatable bonds is 3. The zero-order valence-electron chi connectivity index (χ0n) is 40.8. The van der Waals surface area contributed by atoms with E-state index < -0.39 is 0 Å². The molecule has 0 amide bonds. The minimum Gasteiger partial charge on any atom is -0.456 e. The molecule has 2 atom stereocenters. The predicted molar refractivity (Wildman–Crippen MR) is 282 cm³/mol. The number of aryl methyl sites for hydroxylation is 3. The summed E-state index contributed by atoms with van der Waals surface area (Å²) in [5.41, 5.74) is 24.0. The standard InChI is InChI=1S/C61H62BN3O/c1-37-29-39(3)56-51(30-37)65(61(11)28-15-14-27-60(56,61)10)44-22-25-48-50(36-44)64(43-23-26-55-46(35-43)45-19-12-13-20-54(45)66-55)53-32-38(2)31-52-57(53)62(48)47-24-21-41(59(7,8)9)34-49(47)63(52)42-18-16-17-40(33-42)58(4,5)6/h12-13,16-26,29-36H,14-15,27-28H2,1-11H3. The van der Waals surface area contributed by atoms with Crippen LogP contribution in [0.2, 0.25) is 0 Å². The van der Waals surface area contributed by atoms with Gasteiger partial charge in [-0.05, 0) is 174 Å². The summed E-state index contributed by atoms with van der Waals surface area (Å²) in [6.07, 6.45) is 4.87. The molecule has 0 N–H and O–H groups in total. The second-order valence-electron chi connectivity index (χ2n) is 22.8. The first-order valence-electron chi connectivity index (χ1n) is 24.4. The summed E-state index contributed by atoms with van der Waals surface area (Å²) in [6.45, 7) is 26.0. The third kappa shape index (κ3) is 5.77. The molecule has 1 saturated carbocycles. The average molecular weight is 864 g/mol. The van der Waals surface area contributed by atoms with Crippen molar-refractivity contribution in [3.8, 4) is 0 Å². The van der Waals surface area contributed by atoms with Gasteiger partial charge in [0, 0.05) is 61.7 Å². The van der Waals surface area contributed by atoms with Crippen LogP contribution in [0.25, 0.3) is 21.9 Å². The second-order valence-corrected chi connectivity index (χ2v) is 22.8. The number of para-hydroxylation sites is 1. The van der Waals surface area contributed by atoms with Gasteiger partial charge in [0.05, 0.1) is 5.54 Å². The molecule has 330 valence electrons. The van der Waals surface area contributed by atoms with Gasteiger partial charge in [-0.3, -0.25) is 0 Å². The van der Waals surface area contributed by atoms with E-state index in [1.807, 2.05) is 0 Å². The largest absolute Gasteiger partial charge is 0.456 e. The van der Waals surface area contributed by atoms with Crippen LogP contribution in [0.3, 0.4) is 0 Å². The molecule has 0 spiro atoms. The number of furan rings is 1. The van der Waals surface area contributed by atoms with Gasteiger partial charge in [-0.15, -0.1) is 0 Å². The van der Waals surface area contributed by atoms with Gasteiger partial charge in [-0.2, -0.15) is 0 Å². The molecule has 1 aliphatic carbocycles. The van der Waals surface area contributed by atoms with Gasteiger partial charge < -0.3 is 19.1 Å². The monoisotopic (exact) mass is 863 g/mol. The van der Waals surface area contributed by atoms with Crippen LogP contribution in [-0.4, -0.2) is 12.3 Å². The fourth-order valence-electron chi connectivity index (χ4n) is 13.0. The molecule has 4 nitrogen and oxygen atoms in total. The van der Waals surface area contributed by atoms with E-state index in [9.17, 15) is 0 Å². The van der Waals surface area contributed by atoms with E-state index in [0.717, 1.165) is 34.0 Å². The predicted octanol–water partition coefficient (Wildman–Crippen LogP) is 14.9. The Morgan fingerprint density at radius 2 is 1.12 bits per heavy atom. The van der Waals surface area contributed by atoms with Crippen LogP contribution >= 0.6 is 0 Å². The minimum atomic E-state index is -0.0704. The van der Waals surface area contributed by atoms with Crippen molar-refractivity contribution in [2.24, 2.45) is 0 Å². The fraction of sp³-hybridized carbons (Fsp3) is 0.311. The van der Waals surface area contributed by atoms with Crippen LogP contribution in [-0.2, 0) is 16.2 Å². The van der Waals surface area contributed by atoms with Crippen LogP contribution < -0.4 is 31.1 Å². The number of hydrogen-bond donors (Lipinski definition) is 0. The molecule has 4 aliphatic rings. The molecule has 5 heteroatoms. The van der Waals surface area contributed by atoms with Crippen molar-refractivity contribution >= 4 is 90.5 Å². The maximum Gasteiger partial charge on any atom is 0.252 e. The highest BCUT2D eigenvalue weighted by Crippen LogP contribution is 2.62. The first-order valence-corrected chi connectivity index (χ1v) is 24.4. The Balaban J connectivity index is 1.16. The van der Waals surface area contributed by atoms with E-state index in [1.165, 1.54) is 103 Å². The summed E-state index contributed by atoms with van der Waals surface area (Å²) < 4.78 is 6.46. The van der Waals surface area contributed by atoms with E-state index in [-0.39, 0.29) is 28.5 Å². The number of hydrogen-bond acceptors (Lipinski definition) is 4. The molecule has 12 rings (SSSR count). The SMILES string of the molecule is Cc1cc2c3c(c1)N(c1cccc(C(C)(C)C)c1)c1cc(C(C)(C)C)ccc1B3c1ccc(N3c4cc(C)cc(C)c4C4(C)CCCCC34C)cc1N2c1ccc2oc3ccccc3c2c1. The van der Waals surface area contributed by atoms with Crippen molar-refractivity contribution in [2.75, 3.05) is 14.7 Å². The highest BCUT2D eigenvalue weighted by atomic mass is 16.3. The molecule has 0 radical (unpaired) electrons. The lowest BCUT2D eigenvalue weighted by Gasteiger charge is -2.51. The van der Waals surface area contributed by atoms with Gasteiger partial charge in [-0.25, -0.2) is 0 Å². The van der Waals surface area contributed by atoms with Crippen LogP contribution in [0.5, 0.6) is 0 Å². The zero-order chi connectivity index (χ0) is 45.8. The molecule has 1 fully saturated rings. The van der Waals surface area contributed by atoms with Gasteiger partial charge in [0.2, 0.25) is 0 Å². The van der Waals surface area contributed by atoms with E-state index in [0.29, 0.717) is 0 Å². The minimum absolute atomic E-state index is 0.000814. The smallest absolute Gasteiger partial charge is 0.252 e. The number of nitrogens with zero attached hydrogens (tertiary/aromatic N) is 3. The van der Waals surface area contributed by atoms with Crippen LogP contribution in [0.15, 0.2) is 132 Å². The molecule has 0 bridgehead atoms. The maximum atomic E-state index is 6.46. The quantitative estimate of drug-likeness (QED) is 0.165. The van der Waals surface area contributed by atoms with Crippen molar-refractivity contribution in [3.05, 3.63) is 161 Å². The summed E-state index contributed by atoms with van der Waals surface area (Å²) >= 11 is 0. The van der Waals surface area contributed by atoms with Crippen molar-refractivity contribution in [1.82, 2.24) is 0 Å². The Bertz CT molecular complexity index is 3350. The van der Waals surface area contributed by atoms with Gasteiger partial charge >= 0.3 is 0 Å². The van der Waals surface area contributed by atoms with Gasteiger partial charge in [-0.1, -0.05) is 116 Å². The normalized spacial score (nSPS) is 19.8. The summed E-state index contributed by atoms with van der Waals surface area (Å²) in [5, 5.41) is 2.27. The molecule has 7 aromatic carbocycles. The number of anilines is 8. The van der Waals surface area contributed by atoms with Crippen LogP contribution in [0, 0.1) is 20.8 Å². The molecule has 1 aromatic heterocycles. The summed E-state index contributed by atoms with van der Waals surface area (Å²) in [7, 11) is 0. The number of benzene rings is 7. The van der Waals surface area contributed by atoms with E-state index in [4.69, 9.17) is 4.42 Å². The second kappa shape index (κ2) is 13.9. The van der Waals surface area contributed by atoms with Gasteiger partial charge in [0.1, 0.15) is 11.2 Å². The lowest BCUT2D eigenvalue weighted by molar-refractivity contribution is 0.194. The van der Waals surface area contributed by atoms with Crippen molar-refractivity contribution in [2.45, 2.75) is 124 Å². The maximum absolute atomic E-state index is 6.46. The molecule has 2 unspecified atom stereocenters. The first-order chi connectivity index (χ1) is 31.4. The zero-order valence-corrected chi connectivity index (χ0v) is 40.8. The molecule has 4 heterocycles. The Morgan fingerprint density at radius 1 is 0.515 bits per heavy atom. The third-order valence-corrected chi connectivity index (χ3v) is 16.4. The van der Waals surface area contributed by atoms with Crippen LogP contribution in [0.4, 0.5) is 45.5 Å². The van der Waals surface area contributed by atoms with Gasteiger partial charge in [0.15, 0.2) is 0 Å². The van der Waals surface area contributed by atoms with Crippen molar-refractivity contribution in [3.63, 3.8) is 0 Å². The molecule has 66 heavy (non-hydrogen) atoms. The lowest BCUT2D eigenvalue weighted by atomic mass is 9.33. The highest BCUT2D eigenvalue weighted by molar-refractivity contribution is 7.00. The highest BCUT2D eigenvalue weighted by Gasteiger charge is 2.58. The topological polar surface area (TPSA) is 22.9 Å².